The van der Waals surface area contributed by atoms with E-state index < -0.39 is 5.91 Å². The summed E-state index contributed by atoms with van der Waals surface area (Å²) in [5, 5.41) is 0. The number of amides is 1. The van der Waals surface area contributed by atoms with Crippen LogP contribution in [0, 0.1) is 5.63 Å². The summed E-state index contributed by atoms with van der Waals surface area (Å²) in [5.74, 6) is -0.577. The van der Waals surface area contributed by atoms with Crippen molar-refractivity contribution < 1.29 is 4.79 Å². The standard InChI is InChI=1S/C2H2NOPS/c3-2(4)1-5-6/h(H2,3,4). The van der Waals surface area contributed by atoms with Crippen LogP contribution < -0.4 is 5.73 Å². The molecule has 0 aromatic carbocycles. The quantitative estimate of drug-likeness (QED) is 0.450. The summed E-state index contributed by atoms with van der Waals surface area (Å²) in [5.41, 5.74) is 6.71. The van der Waals surface area contributed by atoms with Gasteiger partial charge in [0, 0.05) is 0 Å². The topological polar surface area (TPSA) is 43.1 Å². The minimum absolute atomic E-state index is 0.383. The van der Waals surface area contributed by atoms with E-state index in [1.807, 2.05) is 0 Å². The van der Waals surface area contributed by atoms with Gasteiger partial charge in [-0.15, -0.1) is 0 Å². The maximum atomic E-state index is 9.64. The number of nitrogens with two attached hydrogens (primary N) is 1. The summed E-state index contributed by atoms with van der Waals surface area (Å²) in [6.07, 6.45) is 0. The molecule has 4 heteroatoms. The van der Waals surface area contributed by atoms with Crippen molar-refractivity contribution in [2.75, 3.05) is 0 Å². The molecular weight excluding hydrogens is 117 g/mol. The van der Waals surface area contributed by atoms with Crippen molar-refractivity contribution in [3.05, 3.63) is 0 Å². The number of hydrogen-bond acceptors (Lipinski definition) is 2. The van der Waals surface area contributed by atoms with Crippen LogP contribution in [0.2, 0.25) is 0 Å². The average molecular weight is 119 g/mol. The van der Waals surface area contributed by atoms with Crippen molar-refractivity contribution in [3.63, 3.8) is 0 Å². The molecule has 32 valence electrons. The number of rotatable bonds is 0. The van der Waals surface area contributed by atoms with Gasteiger partial charge in [0.15, 0.2) is 0 Å². The fraction of sp³-hybridized carbons (Fsp3) is 0. The van der Waals surface area contributed by atoms with Gasteiger partial charge in [-0.2, -0.15) is 0 Å². The van der Waals surface area contributed by atoms with Crippen molar-refractivity contribution in [1.29, 1.82) is 0 Å². The normalized spacial score (nSPS) is 6.00. The second-order valence-corrected chi connectivity index (χ2v) is 1.52. The van der Waals surface area contributed by atoms with Gasteiger partial charge < -0.3 is 0 Å². The predicted molar refractivity (Wildman–Crippen MR) is 27.4 cm³/mol. The molecule has 0 bridgehead atoms. The zero-order valence-corrected chi connectivity index (χ0v) is 4.55. The molecule has 0 spiro atoms. The number of primary amides is 1. The van der Waals surface area contributed by atoms with Crippen LogP contribution in [0.5, 0.6) is 0 Å². The van der Waals surface area contributed by atoms with Crippen LogP contribution in [0.3, 0.4) is 0 Å². The first-order chi connectivity index (χ1) is 2.77. The molecule has 0 rings (SSSR count). The number of carbonyl (C=O) groups excluding carboxylic acids is 1. The van der Waals surface area contributed by atoms with Gasteiger partial charge in [-0.1, -0.05) is 0 Å². The summed E-state index contributed by atoms with van der Waals surface area (Å²) in [4.78, 5) is 9.64. The fourth-order valence-electron chi connectivity index (χ4n) is 0.0450. The van der Waals surface area contributed by atoms with Crippen LogP contribution in [0.1, 0.15) is 0 Å². The second-order valence-electron chi connectivity index (χ2n) is 0.567. The SMILES string of the molecule is NC(=O)C#P=S. The monoisotopic (exact) mass is 119 g/mol. The zero-order valence-electron chi connectivity index (χ0n) is 2.84. The molecule has 0 aliphatic rings. The van der Waals surface area contributed by atoms with Crippen molar-refractivity contribution in [2.24, 2.45) is 5.73 Å². The third-order valence-electron chi connectivity index (χ3n) is 0.156. The Morgan fingerprint density at radius 3 is 2.50 bits per heavy atom. The van der Waals surface area contributed by atoms with Gasteiger partial charge in [-0.25, -0.2) is 0 Å². The van der Waals surface area contributed by atoms with Gasteiger partial charge in [0.1, 0.15) is 0 Å². The minimum atomic E-state index is -0.577. The predicted octanol–water partition coefficient (Wildman–Crippen LogP) is -0.161. The molecule has 0 saturated carbocycles. The zero-order chi connectivity index (χ0) is 4.99. The van der Waals surface area contributed by atoms with Crippen molar-refractivity contribution in [1.82, 2.24) is 0 Å². The number of hydrogen-bond donors (Lipinski definition) is 1. The molecule has 0 atom stereocenters. The van der Waals surface area contributed by atoms with Gasteiger partial charge >= 0.3 is 40.7 Å². The van der Waals surface area contributed by atoms with Gasteiger partial charge in [-0.05, 0) is 0 Å². The van der Waals surface area contributed by atoms with Crippen LogP contribution in [-0.4, -0.2) is 5.91 Å². The van der Waals surface area contributed by atoms with Gasteiger partial charge in [0.05, 0.1) is 0 Å². The van der Waals surface area contributed by atoms with Crippen molar-refractivity contribution >= 4 is 24.5 Å². The summed E-state index contributed by atoms with van der Waals surface area (Å²) in [7, 11) is 0. The first-order valence-electron chi connectivity index (χ1n) is 1.15. The van der Waals surface area contributed by atoms with E-state index in [4.69, 9.17) is 0 Å². The maximum absolute atomic E-state index is 9.64. The Morgan fingerprint density at radius 2 is 2.50 bits per heavy atom. The van der Waals surface area contributed by atoms with Gasteiger partial charge in [0.2, 0.25) is 0 Å². The van der Waals surface area contributed by atoms with E-state index in [0.29, 0.717) is 6.81 Å². The van der Waals surface area contributed by atoms with E-state index in [1.165, 1.54) is 0 Å². The Labute approximate surface area is 41.5 Å². The molecule has 0 aromatic heterocycles. The van der Waals surface area contributed by atoms with E-state index in [0.717, 1.165) is 0 Å². The molecule has 0 fully saturated rings. The van der Waals surface area contributed by atoms with E-state index in [9.17, 15) is 4.79 Å². The summed E-state index contributed by atoms with van der Waals surface area (Å²) < 4.78 is 0. The Morgan fingerprint density at radius 1 is 2.00 bits per heavy atom. The second kappa shape index (κ2) is 3.10. The first kappa shape index (κ1) is 5.90. The van der Waals surface area contributed by atoms with Crippen LogP contribution in [0.4, 0.5) is 0 Å². The Hall–Kier alpha value is -0.100. The van der Waals surface area contributed by atoms with Crippen LogP contribution in [0.15, 0.2) is 0 Å². The van der Waals surface area contributed by atoms with Crippen LogP contribution >= 0.6 is 6.81 Å². The summed E-state index contributed by atoms with van der Waals surface area (Å²) in [6, 6.07) is 0. The third-order valence-corrected chi connectivity index (χ3v) is 0.741. The van der Waals surface area contributed by atoms with Crippen LogP contribution in [0.25, 0.3) is 0 Å². The van der Waals surface area contributed by atoms with E-state index in [2.05, 4.69) is 23.2 Å². The molecule has 0 radical (unpaired) electrons. The molecule has 0 unspecified atom stereocenters. The Bertz CT molecular complexity index is 146. The molecule has 1 amide bonds. The van der Waals surface area contributed by atoms with E-state index >= 15 is 0 Å². The molecule has 2 N–H and O–H groups in total. The Kier molecular flexibility index (Phi) is 3.05. The van der Waals surface area contributed by atoms with Crippen molar-refractivity contribution in [3.8, 4) is 5.63 Å². The van der Waals surface area contributed by atoms with Crippen molar-refractivity contribution in [2.45, 2.75) is 0 Å². The third kappa shape index (κ3) is 3.90. The van der Waals surface area contributed by atoms with E-state index in [1.54, 1.807) is 0 Å². The van der Waals surface area contributed by atoms with Gasteiger partial charge in [-0.3, -0.25) is 0 Å². The van der Waals surface area contributed by atoms with E-state index in [-0.39, 0.29) is 0 Å². The molecule has 6 heavy (non-hydrogen) atoms. The molecule has 0 heterocycles. The molecule has 0 saturated heterocycles. The Balaban J connectivity index is 3.84. The van der Waals surface area contributed by atoms with Crippen LogP contribution in [-0.2, 0) is 16.6 Å². The summed E-state index contributed by atoms with van der Waals surface area (Å²) in [6.45, 7) is 0.383. The molecular formula is C2H2NOPS. The molecule has 2 nitrogen and oxygen atoms in total. The number of carbonyl (C=O) groups is 1. The fourth-order valence-corrected chi connectivity index (χ4v) is 0.405. The molecule has 0 aliphatic carbocycles. The molecule has 0 aliphatic heterocycles. The van der Waals surface area contributed by atoms with Gasteiger partial charge in [0.25, 0.3) is 0 Å². The summed E-state index contributed by atoms with van der Waals surface area (Å²) >= 11 is 4.29. The molecule has 0 aromatic rings. The average Bonchev–Trinajstić information content (AvgIpc) is 1.35. The first-order valence-corrected chi connectivity index (χ1v) is 3.06.